The van der Waals surface area contributed by atoms with E-state index < -0.39 is 21.3 Å². The summed E-state index contributed by atoms with van der Waals surface area (Å²) in [6.45, 7) is 7.74. The Labute approximate surface area is 131 Å². The van der Waals surface area contributed by atoms with Crippen molar-refractivity contribution in [3.63, 3.8) is 0 Å². The third kappa shape index (κ3) is 5.45. The summed E-state index contributed by atoms with van der Waals surface area (Å²) >= 11 is 0. The molecule has 1 aliphatic rings. The average molecular weight is 335 g/mol. The van der Waals surface area contributed by atoms with Gasteiger partial charge in [0, 0.05) is 18.9 Å². The van der Waals surface area contributed by atoms with Gasteiger partial charge in [0.05, 0.1) is 18.9 Å². The summed E-state index contributed by atoms with van der Waals surface area (Å²) in [6, 6.07) is -0.782. The number of nitrogens with zero attached hydrogens (tertiary/aromatic N) is 1. The molecule has 0 aromatic heterocycles. The Morgan fingerprint density at radius 2 is 2.14 bits per heavy atom. The monoisotopic (exact) mass is 335 g/mol. The zero-order valence-electron chi connectivity index (χ0n) is 13.7. The first-order valence-electron chi connectivity index (χ1n) is 7.08. The average Bonchev–Trinajstić information content (AvgIpc) is 2.84. The molecule has 0 saturated carbocycles. The molecule has 1 heterocycles. The van der Waals surface area contributed by atoms with Crippen LogP contribution in [0.4, 0.5) is 4.79 Å². The van der Waals surface area contributed by atoms with Crippen molar-refractivity contribution < 1.29 is 22.8 Å². The molecule has 22 heavy (non-hydrogen) atoms. The molecule has 9 heteroatoms. The molecule has 0 aromatic rings. The molecular formula is C13H25N3O5S. The molecule has 2 N–H and O–H groups in total. The molecule has 0 aromatic carbocycles. The van der Waals surface area contributed by atoms with E-state index in [-0.39, 0.29) is 24.7 Å². The van der Waals surface area contributed by atoms with Crippen molar-refractivity contribution >= 4 is 21.8 Å². The van der Waals surface area contributed by atoms with Crippen LogP contribution < -0.4 is 10.0 Å². The van der Waals surface area contributed by atoms with Gasteiger partial charge in [-0.1, -0.05) is 25.9 Å². The van der Waals surface area contributed by atoms with Crippen molar-refractivity contribution in [3.05, 3.63) is 0 Å². The van der Waals surface area contributed by atoms with E-state index in [0.717, 1.165) is 5.71 Å². The van der Waals surface area contributed by atoms with Gasteiger partial charge in [-0.25, -0.2) is 17.9 Å². The number of hydrogen-bond donors (Lipinski definition) is 2. The first-order valence-corrected chi connectivity index (χ1v) is 8.62. The number of carbonyl (C=O) groups excluding carboxylic acids is 1. The first kappa shape index (κ1) is 18.7. The zero-order valence-corrected chi connectivity index (χ0v) is 14.5. The molecular weight excluding hydrogens is 310 g/mol. The summed E-state index contributed by atoms with van der Waals surface area (Å²) in [7, 11) is -2.36. The maximum absolute atomic E-state index is 11.8. The predicted octanol–water partition coefficient (Wildman–Crippen LogP) is 0.841. The molecule has 2 atom stereocenters. The predicted molar refractivity (Wildman–Crippen MR) is 83.2 cm³/mol. The van der Waals surface area contributed by atoms with Crippen molar-refractivity contribution in [2.45, 2.75) is 45.5 Å². The summed E-state index contributed by atoms with van der Waals surface area (Å²) in [5.74, 6) is 0. The Balaban J connectivity index is 2.40. The molecule has 2 unspecified atom stereocenters. The fourth-order valence-corrected chi connectivity index (χ4v) is 2.62. The van der Waals surface area contributed by atoms with Crippen LogP contribution >= 0.6 is 0 Å². The van der Waals surface area contributed by atoms with E-state index >= 15 is 0 Å². The zero-order chi connectivity index (χ0) is 17.0. The largest absolute Gasteiger partial charge is 0.390 e. The van der Waals surface area contributed by atoms with Gasteiger partial charge in [0.25, 0.3) is 0 Å². The second-order valence-corrected chi connectivity index (χ2v) is 8.44. The Bertz CT molecular complexity index is 524. The molecule has 8 nitrogen and oxygen atoms in total. The SMILES string of the molecule is COCC(C)S(=O)(=O)NC(=O)NCC1CC(C(C)(C)C)=NO1. The molecule has 0 fully saturated rings. The summed E-state index contributed by atoms with van der Waals surface area (Å²) in [4.78, 5) is 16.9. The van der Waals surface area contributed by atoms with Crippen LogP contribution in [0.3, 0.4) is 0 Å². The quantitative estimate of drug-likeness (QED) is 0.748. The highest BCUT2D eigenvalue weighted by Gasteiger charge is 2.30. The van der Waals surface area contributed by atoms with Crippen LogP contribution in [0.2, 0.25) is 0 Å². The third-order valence-corrected chi connectivity index (χ3v) is 4.92. The molecule has 0 aliphatic carbocycles. The second-order valence-electron chi connectivity index (χ2n) is 6.34. The number of rotatable bonds is 6. The Kier molecular flexibility index (Phi) is 6.18. The maximum Gasteiger partial charge on any atom is 0.328 e. The van der Waals surface area contributed by atoms with E-state index in [9.17, 15) is 13.2 Å². The highest BCUT2D eigenvalue weighted by molar-refractivity contribution is 7.90. The Morgan fingerprint density at radius 3 is 2.64 bits per heavy atom. The highest BCUT2D eigenvalue weighted by Crippen LogP contribution is 2.24. The second kappa shape index (κ2) is 7.28. The van der Waals surface area contributed by atoms with E-state index in [1.807, 2.05) is 25.5 Å². The standard InChI is InChI=1S/C13H25N3O5S/c1-9(8-20-5)22(18,19)16-12(17)14-7-10-6-11(15-21-10)13(2,3)4/h9-10H,6-8H2,1-5H3,(H2,14,16,17). The molecule has 1 aliphatic heterocycles. The molecule has 128 valence electrons. The summed E-state index contributed by atoms with van der Waals surface area (Å²) < 4.78 is 30.3. The van der Waals surface area contributed by atoms with Crippen LogP contribution in [-0.2, 0) is 19.6 Å². The maximum atomic E-state index is 11.8. The highest BCUT2D eigenvalue weighted by atomic mass is 32.2. The van der Waals surface area contributed by atoms with E-state index in [2.05, 4.69) is 10.5 Å². The van der Waals surface area contributed by atoms with E-state index in [0.29, 0.717) is 6.42 Å². The van der Waals surface area contributed by atoms with Crippen LogP contribution in [-0.4, -0.2) is 51.8 Å². The summed E-state index contributed by atoms with van der Waals surface area (Å²) in [5, 5.41) is 5.67. The lowest BCUT2D eigenvalue weighted by Gasteiger charge is -2.17. The van der Waals surface area contributed by atoms with Gasteiger partial charge in [0.1, 0.15) is 11.4 Å². The number of methoxy groups -OCH3 is 1. The lowest BCUT2D eigenvalue weighted by atomic mass is 9.87. The Morgan fingerprint density at radius 1 is 1.50 bits per heavy atom. The van der Waals surface area contributed by atoms with Gasteiger partial charge < -0.3 is 14.9 Å². The number of carbonyl (C=O) groups is 1. The molecule has 0 spiro atoms. The smallest absolute Gasteiger partial charge is 0.328 e. The van der Waals surface area contributed by atoms with Crippen molar-refractivity contribution in [3.8, 4) is 0 Å². The minimum absolute atomic E-state index is 0.0110. The van der Waals surface area contributed by atoms with Gasteiger partial charge in [-0.3, -0.25) is 0 Å². The summed E-state index contributed by atoms with van der Waals surface area (Å²) in [6.07, 6.45) is 0.329. The van der Waals surface area contributed by atoms with Gasteiger partial charge in [0.15, 0.2) is 0 Å². The minimum atomic E-state index is -3.76. The Hall–Kier alpha value is -1.35. The molecule has 0 saturated heterocycles. The van der Waals surface area contributed by atoms with Crippen LogP contribution in [0, 0.1) is 5.41 Å². The van der Waals surface area contributed by atoms with Crippen molar-refractivity contribution in [2.24, 2.45) is 10.6 Å². The van der Waals surface area contributed by atoms with Gasteiger partial charge in [-0.05, 0) is 6.92 Å². The van der Waals surface area contributed by atoms with Crippen molar-refractivity contribution in [1.82, 2.24) is 10.0 Å². The van der Waals surface area contributed by atoms with Gasteiger partial charge in [-0.2, -0.15) is 0 Å². The number of ether oxygens (including phenoxy) is 1. The number of sulfonamides is 1. The van der Waals surface area contributed by atoms with Gasteiger partial charge >= 0.3 is 6.03 Å². The van der Waals surface area contributed by atoms with Crippen LogP contribution in [0.15, 0.2) is 5.16 Å². The fraction of sp³-hybridized carbons (Fsp3) is 0.846. The van der Waals surface area contributed by atoms with E-state index in [1.54, 1.807) is 0 Å². The van der Waals surface area contributed by atoms with Crippen molar-refractivity contribution in [2.75, 3.05) is 20.3 Å². The lowest BCUT2D eigenvalue weighted by Crippen LogP contribution is -2.46. The first-order chi connectivity index (χ1) is 10.1. The molecule has 2 amide bonds. The number of amides is 2. The lowest BCUT2D eigenvalue weighted by molar-refractivity contribution is 0.0866. The molecule has 0 bridgehead atoms. The normalized spacial score (nSPS) is 20.0. The van der Waals surface area contributed by atoms with Gasteiger partial charge in [0.2, 0.25) is 10.0 Å². The number of urea groups is 1. The van der Waals surface area contributed by atoms with E-state index in [4.69, 9.17) is 9.57 Å². The van der Waals surface area contributed by atoms with E-state index in [1.165, 1.54) is 14.0 Å². The topological polar surface area (TPSA) is 106 Å². The van der Waals surface area contributed by atoms with Crippen LogP contribution in [0.1, 0.15) is 34.1 Å². The molecule has 0 radical (unpaired) electrons. The number of hydrogen-bond acceptors (Lipinski definition) is 6. The number of oxime groups is 1. The van der Waals surface area contributed by atoms with Crippen LogP contribution in [0.5, 0.6) is 0 Å². The fourth-order valence-electron chi connectivity index (χ4n) is 1.78. The minimum Gasteiger partial charge on any atom is -0.390 e. The number of nitrogens with one attached hydrogen (secondary N) is 2. The molecule has 1 rings (SSSR count). The summed E-state index contributed by atoms with van der Waals surface area (Å²) in [5.41, 5.74) is 0.830. The third-order valence-electron chi connectivity index (χ3n) is 3.26. The van der Waals surface area contributed by atoms with Gasteiger partial charge in [-0.15, -0.1) is 0 Å². The van der Waals surface area contributed by atoms with Crippen molar-refractivity contribution in [1.29, 1.82) is 0 Å². The van der Waals surface area contributed by atoms with Crippen LogP contribution in [0.25, 0.3) is 0 Å².